The molecule has 1 aromatic carbocycles. The Kier molecular flexibility index (Phi) is 7.33. The number of nitrogens with zero attached hydrogens (tertiary/aromatic N) is 4. The molecule has 0 saturated carbocycles. The maximum atomic E-state index is 13.2. The van der Waals surface area contributed by atoms with E-state index in [2.05, 4.69) is 9.97 Å². The minimum atomic E-state index is -0.849. The summed E-state index contributed by atoms with van der Waals surface area (Å²) in [6.45, 7) is 4.52. The summed E-state index contributed by atoms with van der Waals surface area (Å²) in [6.07, 6.45) is 2.11. The molecule has 0 aliphatic carbocycles. The largest absolute Gasteiger partial charge is 0.507 e. The van der Waals surface area contributed by atoms with Gasteiger partial charge in [-0.25, -0.2) is 9.97 Å². The molecule has 1 aliphatic heterocycles. The van der Waals surface area contributed by atoms with Crippen molar-refractivity contribution >= 4 is 17.4 Å². The van der Waals surface area contributed by atoms with Gasteiger partial charge in [0.2, 0.25) is 0 Å². The van der Waals surface area contributed by atoms with E-state index in [0.29, 0.717) is 47.1 Å². The number of hydrogen-bond acceptors (Lipinski definition) is 8. The number of amides is 1. The van der Waals surface area contributed by atoms with E-state index in [-0.39, 0.29) is 11.3 Å². The van der Waals surface area contributed by atoms with Gasteiger partial charge in [-0.3, -0.25) is 9.59 Å². The van der Waals surface area contributed by atoms with Crippen LogP contribution in [0, 0.1) is 13.8 Å². The van der Waals surface area contributed by atoms with Crippen LogP contribution in [0.5, 0.6) is 11.5 Å². The Hall–Kier alpha value is -3.46. The molecule has 1 fully saturated rings. The molecule has 0 spiro atoms. The summed E-state index contributed by atoms with van der Waals surface area (Å²) >= 11 is 0. The van der Waals surface area contributed by atoms with Crippen molar-refractivity contribution < 1.29 is 24.2 Å². The summed E-state index contributed by atoms with van der Waals surface area (Å²) in [7, 11) is 6.93. The maximum absolute atomic E-state index is 13.2. The van der Waals surface area contributed by atoms with Crippen molar-refractivity contribution in [2.75, 3.05) is 41.4 Å². The molecule has 0 radical (unpaired) electrons. The van der Waals surface area contributed by atoms with Crippen LogP contribution in [-0.2, 0) is 9.59 Å². The molecule has 9 nitrogen and oxygen atoms in total. The van der Waals surface area contributed by atoms with E-state index in [1.54, 1.807) is 32.0 Å². The van der Waals surface area contributed by atoms with Crippen molar-refractivity contribution in [3.05, 3.63) is 52.6 Å². The molecule has 3 rings (SSSR count). The van der Waals surface area contributed by atoms with E-state index in [4.69, 9.17) is 9.47 Å². The van der Waals surface area contributed by atoms with Gasteiger partial charge in [0, 0.05) is 18.3 Å². The Morgan fingerprint density at radius 3 is 2.52 bits per heavy atom. The second-order valence-corrected chi connectivity index (χ2v) is 8.17. The smallest absolute Gasteiger partial charge is 0.295 e. The number of aromatic nitrogens is 2. The van der Waals surface area contributed by atoms with Gasteiger partial charge in [0.15, 0.2) is 0 Å². The van der Waals surface area contributed by atoms with E-state index < -0.39 is 17.7 Å². The molecule has 1 aromatic heterocycles. The Labute approximate surface area is 193 Å². The van der Waals surface area contributed by atoms with Gasteiger partial charge in [-0.15, -0.1) is 0 Å². The minimum Gasteiger partial charge on any atom is -0.507 e. The van der Waals surface area contributed by atoms with Crippen LogP contribution in [0.4, 0.5) is 0 Å². The molecule has 33 heavy (non-hydrogen) atoms. The monoisotopic (exact) mass is 454 g/mol. The molecule has 2 heterocycles. The third kappa shape index (κ3) is 4.83. The molecule has 2 aromatic rings. The molecule has 9 heteroatoms. The highest BCUT2D eigenvalue weighted by molar-refractivity contribution is 6.46. The van der Waals surface area contributed by atoms with E-state index >= 15 is 0 Å². The zero-order valence-electron chi connectivity index (χ0n) is 19.9. The van der Waals surface area contributed by atoms with Gasteiger partial charge in [-0.2, -0.15) is 0 Å². The van der Waals surface area contributed by atoms with Crippen molar-refractivity contribution in [1.82, 2.24) is 19.8 Å². The molecule has 1 saturated heterocycles. The third-order valence-corrected chi connectivity index (χ3v) is 5.63. The lowest BCUT2D eigenvalue weighted by atomic mass is 9.94. The number of hydrogen-bond donors (Lipinski definition) is 1. The number of aliphatic hydroxyl groups is 1. The predicted molar refractivity (Wildman–Crippen MR) is 123 cm³/mol. The maximum Gasteiger partial charge on any atom is 0.295 e. The number of carbonyl (C=O) groups excluding carboxylic acids is 2. The van der Waals surface area contributed by atoms with Gasteiger partial charge in [-0.05, 0) is 59.1 Å². The van der Waals surface area contributed by atoms with Gasteiger partial charge >= 0.3 is 0 Å². The average molecular weight is 455 g/mol. The zero-order valence-corrected chi connectivity index (χ0v) is 19.9. The van der Waals surface area contributed by atoms with Crippen LogP contribution in [0.3, 0.4) is 0 Å². The average Bonchev–Trinajstić information content (AvgIpc) is 3.02. The number of likely N-dealkylation sites (tertiary alicyclic amines) is 1. The fourth-order valence-corrected chi connectivity index (χ4v) is 4.01. The standard InChI is InChI=1S/C24H30N4O5/c1-14-18(13-25-15(2)26-14)22(29)20-21(17-12-16(32-5)8-9-19(17)33-6)28(24(31)23(20)30)11-7-10-27(3)4/h8-9,12-13,21,29H,7,10-11H2,1-6H3/t21-/m1/s1. The number of aliphatic hydroxyl groups excluding tert-OH is 1. The summed E-state index contributed by atoms with van der Waals surface area (Å²) < 4.78 is 10.9. The number of carbonyl (C=O) groups is 2. The first kappa shape index (κ1) is 24.2. The van der Waals surface area contributed by atoms with E-state index in [0.717, 1.165) is 6.54 Å². The number of ether oxygens (including phenoxy) is 2. The van der Waals surface area contributed by atoms with Crippen LogP contribution in [-0.4, -0.2) is 78.0 Å². The molecule has 0 unspecified atom stereocenters. The topological polar surface area (TPSA) is 105 Å². The van der Waals surface area contributed by atoms with Crippen molar-refractivity contribution in [2.24, 2.45) is 0 Å². The molecular formula is C24H30N4O5. The van der Waals surface area contributed by atoms with Gasteiger partial charge in [-0.1, -0.05) is 0 Å². The SMILES string of the molecule is COc1ccc(OC)c([C@@H]2C(=C(O)c3cnc(C)nc3C)C(=O)C(=O)N2CCCN(C)C)c1. The summed E-state index contributed by atoms with van der Waals surface area (Å²) in [4.78, 5) is 38.3. The van der Waals surface area contributed by atoms with Gasteiger partial charge in [0.05, 0.1) is 37.1 Å². The fourth-order valence-electron chi connectivity index (χ4n) is 4.01. The lowest BCUT2D eigenvalue weighted by Crippen LogP contribution is -2.32. The summed E-state index contributed by atoms with van der Waals surface area (Å²) in [5, 5.41) is 11.3. The first-order chi connectivity index (χ1) is 15.7. The summed E-state index contributed by atoms with van der Waals surface area (Å²) in [6, 6.07) is 4.32. The van der Waals surface area contributed by atoms with Gasteiger partial charge < -0.3 is 24.4 Å². The number of aryl methyl sites for hydroxylation is 2. The van der Waals surface area contributed by atoms with Crippen LogP contribution in [0.2, 0.25) is 0 Å². The summed E-state index contributed by atoms with van der Waals surface area (Å²) in [5.41, 5.74) is 1.34. The third-order valence-electron chi connectivity index (χ3n) is 5.63. The van der Waals surface area contributed by atoms with Crippen LogP contribution >= 0.6 is 0 Å². The summed E-state index contributed by atoms with van der Waals surface area (Å²) in [5.74, 6) is -0.180. The van der Waals surface area contributed by atoms with E-state index in [1.165, 1.54) is 25.3 Å². The number of rotatable bonds is 8. The highest BCUT2D eigenvalue weighted by Crippen LogP contribution is 2.44. The van der Waals surface area contributed by atoms with Crippen molar-refractivity contribution in [1.29, 1.82) is 0 Å². The fraction of sp³-hybridized carbons (Fsp3) is 0.417. The van der Waals surface area contributed by atoms with Crippen LogP contribution in [0.25, 0.3) is 5.76 Å². The first-order valence-electron chi connectivity index (χ1n) is 10.6. The predicted octanol–water partition coefficient (Wildman–Crippen LogP) is 2.48. The number of ketones is 1. The molecule has 1 amide bonds. The number of Topliss-reactive ketones (excluding diaryl/α,β-unsaturated/α-hetero) is 1. The Morgan fingerprint density at radius 2 is 1.91 bits per heavy atom. The molecule has 1 atom stereocenters. The lowest BCUT2D eigenvalue weighted by Gasteiger charge is -2.27. The van der Waals surface area contributed by atoms with Crippen LogP contribution in [0.1, 0.15) is 35.1 Å². The van der Waals surface area contributed by atoms with Crippen molar-refractivity contribution in [3.8, 4) is 11.5 Å². The van der Waals surface area contributed by atoms with Gasteiger partial charge in [0.25, 0.3) is 11.7 Å². The molecular weight excluding hydrogens is 424 g/mol. The first-order valence-corrected chi connectivity index (χ1v) is 10.6. The molecule has 1 aliphatic rings. The van der Waals surface area contributed by atoms with Crippen LogP contribution in [0.15, 0.2) is 30.0 Å². The quantitative estimate of drug-likeness (QED) is 0.369. The second-order valence-electron chi connectivity index (χ2n) is 8.17. The highest BCUT2D eigenvalue weighted by atomic mass is 16.5. The highest BCUT2D eigenvalue weighted by Gasteiger charge is 2.47. The van der Waals surface area contributed by atoms with Gasteiger partial charge in [0.1, 0.15) is 23.1 Å². The molecule has 0 bridgehead atoms. The Balaban J connectivity index is 2.22. The van der Waals surface area contributed by atoms with Crippen LogP contribution < -0.4 is 9.47 Å². The number of benzene rings is 1. The van der Waals surface area contributed by atoms with E-state index in [1.807, 2.05) is 19.0 Å². The molecule has 1 N–H and O–H groups in total. The second kappa shape index (κ2) is 9.99. The Morgan fingerprint density at radius 1 is 1.18 bits per heavy atom. The lowest BCUT2D eigenvalue weighted by molar-refractivity contribution is -0.140. The Bertz CT molecular complexity index is 1100. The van der Waals surface area contributed by atoms with E-state index in [9.17, 15) is 14.7 Å². The zero-order chi connectivity index (χ0) is 24.3. The number of methoxy groups -OCH3 is 2. The molecule has 176 valence electrons. The minimum absolute atomic E-state index is 0.0213. The van der Waals surface area contributed by atoms with Crippen molar-refractivity contribution in [3.63, 3.8) is 0 Å². The van der Waals surface area contributed by atoms with Crippen molar-refractivity contribution in [2.45, 2.75) is 26.3 Å². The normalized spacial score (nSPS) is 17.7.